The van der Waals surface area contributed by atoms with E-state index >= 15 is 0 Å². The van der Waals surface area contributed by atoms with Crippen molar-refractivity contribution in [2.24, 2.45) is 0 Å². The lowest BCUT2D eigenvalue weighted by atomic mass is 9.77. The van der Waals surface area contributed by atoms with Gasteiger partial charge < -0.3 is 15.0 Å². The second kappa shape index (κ2) is 7.99. The Hall–Kier alpha value is -1.90. The molecule has 1 aromatic rings. The van der Waals surface area contributed by atoms with E-state index in [0.717, 1.165) is 44.2 Å². The number of carbonyl (C=O) groups is 1. The van der Waals surface area contributed by atoms with Gasteiger partial charge in [0.15, 0.2) is 0 Å². The van der Waals surface area contributed by atoms with Gasteiger partial charge in [0.25, 0.3) is 0 Å². The Balaban J connectivity index is 1.53. The highest BCUT2D eigenvalue weighted by Gasteiger charge is 2.46. The van der Waals surface area contributed by atoms with E-state index in [4.69, 9.17) is 10.00 Å². The Kier molecular flexibility index (Phi) is 5.72. The third-order valence-corrected chi connectivity index (χ3v) is 5.76. The van der Waals surface area contributed by atoms with Crippen molar-refractivity contribution >= 4 is 5.91 Å². The predicted molar refractivity (Wildman–Crippen MR) is 95.8 cm³/mol. The van der Waals surface area contributed by atoms with Crippen molar-refractivity contribution in [3.8, 4) is 6.07 Å². The maximum atomic E-state index is 12.2. The normalized spacial score (nSPS) is 26.2. The summed E-state index contributed by atoms with van der Waals surface area (Å²) in [5.41, 5.74) is 1.92. The number of benzene rings is 1. The van der Waals surface area contributed by atoms with Crippen molar-refractivity contribution in [3.05, 3.63) is 35.4 Å². The van der Waals surface area contributed by atoms with Crippen LogP contribution in [-0.4, -0.2) is 42.6 Å². The molecule has 5 nitrogen and oxygen atoms in total. The third-order valence-electron chi connectivity index (χ3n) is 5.76. The smallest absolute Gasteiger partial charge is 0.223 e. The van der Waals surface area contributed by atoms with Crippen LogP contribution in [-0.2, 0) is 16.1 Å². The van der Waals surface area contributed by atoms with Crippen LogP contribution in [0, 0.1) is 11.3 Å². The highest BCUT2D eigenvalue weighted by atomic mass is 16.5. The number of amides is 1. The van der Waals surface area contributed by atoms with Gasteiger partial charge in [0.1, 0.15) is 0 Å². The summed E-state index contributed by atoms with van der Waals surface area (Å²) in [6.45, 7) is 2.12. The van der Waals surface area contributed by atoms with Gasteiger partial charge in [-0.3, -0.25) is 4.79 Å². The molecule has 134 valence electrons. The summed E-state index contributed by atoms with van der Waals surface area (Å²) in [6, 6.07) is 10.4. The first-order valence-corrected chi connectivity index (χ1v) is 9.19. The fourth-order valence-corrected chi connectivity index (χ4v) is 4.31. The fourth-order valence-electron chi connectivity index (χ4n) is 4.31. The maximum absolute atomic E-state index is 12.2. The molecule has 1 N–H and O–H groups in total. The molecule has 25 heavy (non-hydrogen) atoms. The number of nitrogens with one attached hydrogen (secondary N) is 1. The van der Waals surface area contributed by atoms with E-state index < -0.39 is 0 Å². The van der Waals surface area contributed by atoms with Crippen molar-refractivity contribution in [3.63, 3.8) is 0 Å². The summed E-state index contributed by atoms with van der Waals surface area (Å²) >= 11 is 0. The molecule has 0 aromatic heterocycles. The molecule has 1 heterocycles. The Morgan fingerprint density at radius 1 is 1.36 bits per heavy atom. The Bertz CT molecular complexity index is 645. The summed E-state index contributed by atoms with van der Waals surface area (Å²) in [6.07, 6.45) is 6.00. The lowest BCUT2D eigenvalue weighted by Gasteiger charge is -2.44. The van der Waals surface area contributed by atoms with E-state index in [1.165, 1.54) is 0 Å². The Labute approximate surface area is 150 Å². The molecule has 2 aliphatic rings. The van der Waals surface area contributed by atoms with Crippen molar-refractivity contribution in [2.75, 3.05) is 20.3 Å². The zero-order valence-electron chi connectivity index (χ0n) is 15.0. The van der Waals surface area contributed by atoms with Crippen molar-refractivity contribution in [2.45, 2.75) is 56.7 Å². The number of methoxy groups -OCH3 is 1. The van der Waals surface area contributed by atoms with Gasteiger partial charge >= 0.3 is 0 Å². The topological polar surface area (TPSA) is 65.4 Å². The van der Waals surface area contributed by atoms with Gasteiger partial charge in [-0.05, 0) is 49.8 Å². The first kappa shape index (κ1) is 17.9. The van der Waals surface area contributed by atoms with Crippen molar-refractivity contribution < 1.29 is 9.53 Å². The van der Waals surface area contributed by atoms with E-state index in [-0.39, 0.29) is 11.4 Å². The molecular weight excluding hydrogens is 314 g/mol. The maximum Gasteiger partial charge on any atom is 0.223 e. The van der Waals surface area contributed by atoms with E-state index in [1.807, 2.05) is 18.2 Å². The molecule has 2 fully saturated rings. The second-order valence-electron chi connectivity index (χ2n) is 7.23. The molecule has 1 aromatic carbocycles. The minimum atomic E-state index is 0.0640. The molecule has 1 saturated carbocycles. The Morgan fingerprint density at radius 2 is 2.16 bits per heavy atom. The highest BCUT2D eigenvalue weighted by Crippen LogP contribution is 2.42. The van der Waals surface area contributed by atoms with Crippen molar-refractivity contribution in [1.82, 2.24) is 10.2 Å². The van der Waals surface area contributed by atoms with Crippen LogP contribution in [0.15, 0.2) is 24.3 Å². The predicted octanol–water partition coefficient (Wildman–Crippen LogP) is 2.60. The molecule has 1 amide bonds. The first-order chi connectivity index (χ1) is 12.2. The van der Waals surface area contributed by atoms with Gasteiger partial charge in [-0.1, -0.05) is 12.1 Å². The standard InChI is InChI=1S/C20H27N3O2/c1-25-12-11-23-19(24)7-10-20(23)8-5-18(6-9-20)22-15-17-4-2-3-16(13-17)14-21/h2-4,13,18,22H,5-12,15H2,1H3. The zero-order valence-corrected chi connectivity index (χ0v) is 15.0. The minimum Gasteiger partial charge on any atom is -0.383 e. The number of rotatable bonds is 6. The van der Waals surface area contributed by atoms with Crippen LogP contribution in [0.3, 0.4) is 0 Å². The quantitative estimate of drug-likeness (QED) is 0.864. The molecule has 3 rings (SSSR count). The molecule has 0 bridgehead atoms. The number of nitriles is 1. The number of likely N-dealkylation sites (tertiary alicyclic amines) is 1. The fraction of sp³-hybridized carbons (Fsp3) is 0.600. The summed E-state index contributed by atoms with van der Waals surface area (Å²) in [7, 11) is 1.69. The van der Waals surface area contributed by atoms with Gasteiger partial charge in [-0.15, -0.1) is 0 Å². The number of hydrogen-bond donors (Lipinski definition) is 1. The first-order valence-electron chi connectivity index (χ1n) is 9.19. The van der Waals surface area contributed by atoms with Crippen LogP contribution in [0.4, 0.5) is 0 Å². The van der Waals surface area contributed by atoms with Crippen LogP contribution >= 0.6 is 0 Å². The van der Waals surface area contributed by atoms with E-state index in [2.05, 4.69) is 22.4 Å². The van der Waals surface area contributed by atoms with Crippen LogP contribution in [0.5, 0.6) is 0 Å². The molecular formula is C20H27N3O2. The molecule has 1 aliphatic heterocycles. The monoisotopic (exact) mass is 341 g/mol. The van der Waals surface area contributed by atoms with Gasteiger partial charge in [0.05, 0.1) is 18.2 Å². The summed E-state index contributed by atoms with van der Waals surface area (Å²) < 4.78 is 5.18. The van der Waals surface area contributed by atoms with Crippen LogP contribution < -0.4 is 5.32 Å². The molecule has 1 aliphatic carbocycles. The summed E-state index contributed by atoms with van der Waals surface area (Å²) in [5.74, 6) is 0.289. The van der Waals surface area contributed by atoms with Gasteiger partial charge in [-0.2, -0.15) is 5.26 Å². The summed E-state index contributed by atoms with van der Waals surface area (Å²) in [5, 5.41) is 12.6. The van der Waals surface area contributed by atoms with Crippen LogP contribution in [0.1, 0.15) is 49.7 Å². The number of nitrogens with zero attached hydrogens (tertiary/aromatic N) is 2. The average molecular weight is 341 g/mol. The number of hydrogen-bond acceptors (Lipinski definition) is 4. The molecule has 0 radical (unpaired) electrons. The second-order valence-corrected chi connectivity index (χ2v) is 7.23. The lowest BCUT2D eigenvalue weighted by Crippen LogP contribution is -2.51. The van der Waals surface area contributed by atoms with E-state index in [9.17, 15) is 4.79 Å². The molecule has 1 saturated heterocycles. The van der Waals surface area contributed by atoms with Gasteiger partial charge in [-0.25, -0.2) is 0 Å². The highest BCUT2D eigenvalue weighted by molar-refractivity contribution is 5.79. The van der Waals surface area contributed by atoms with Crippen LogP contribution in [0.2, 0.25) is 0 Å². The Morgan fingerprint density at radius 3 is 2.88 bits per heavy atom. The molecule has 5 heteroatoms. The molecule has 0 unspecified atom stereocenters. The van der Waals surface area contributed by atoms with Gasteiger partial charge in [0, 0.05) is 38.2 Å². The van der Waals surface area contributed by atoms with E-state index in [0.29, 0.717) is 31.2 Å². The SMILES string of the molecule is COCCN1C(=O)CCC12CCC(NCc1cccc(C#N)c1)CC2. The number of ether oxygens (including phenoxy) is 1. The molecule has 0 atom stereocenters. The minimum absolute atomic E-state index is 0.0640. The average Bonchev–Trinajstić information content (AvgIpc) is 2.95. The van der Waals surface area contributed by atoms with Crippen molar-refractivity contribution in [1.29, 1.82) is 5.26 Å². The van der Waals surface area contributed by atoms with Gasteiger partial charge in [0.2, 0.25) is 5.91 Å². The van der Waals surface area contributed by atoms with E-state index in [1.54, 1.807) is 7.11 Å². The lowest BCUT2D eigenvalue weighted by molar-refractivity contribution is -0.133. The largest absolute Gasteiger partial charge is 0.383 e. The number of carbonyl (C=O) groups excluding carboxylic acids is 1. The molecule has 1 spiro atoms. The summed E-state index contributed by atoms with van der Waals surface area (Å²) in [4.78, 5) is 14.3. The van der Waals surface area contributed by atoms with Crippen LogP contribution in [0.25, 0.3) is 0 Å². The third kappa shape index (κ3) is 4.02. The zero-order chi connectivity index (χ0) is 17.7.